The Labute approximate surface area is 667 Å². The molecule has 15 atom stereocenters. The summed E-state index contributed by atoms with van der Waals surface area (Å²) in [6.07, 6.45) is -16.5. The van der Waals surface area contributed by atoms with Gasteiger partial charge in [-0.2, -0.15) is 0 Å². The van der Waals surface area contributed by atoms with Crippen LogP contribution in [-0.4, -0.2) is 167 Å². The number of aliphatic hydroxyl groups excluding tert-OH is 2. The Hall–Kier alpha value is -11.3. The van der Waals surface area contributed by atoms with Gasteiger partial charge in [0, 0.05) is 0 Å². The summed E-state index contributed by atoms with van der Waals surface area (Å²) in [6, 6.07) is 68.3. The zero-order chi connectivity index (χ0) is 80.4. The monoisotopic (exact) mass is 1590 g/mol. The van der Waals surface area contributed by atoms with Gasteiger partial charge in [-0.05, 0) is 55.2 Å². The molecule has 3 aliphatic heterocycles. The molecule has 2 fully saturated rings. The Balaban J connectivity index is 0.911. The number of alkyl carbamates (subject to hydrolysis) is 6. The summed E-state index contributed by atoms with van der Waals surface area (Å²) >= 11 is 0. The highest BCUT2D eigenvalue weighted by Crippen LogP contribution is 2.40. The van der Waals surface area contributed by atoms with Crippen molar-refractivity contribution in [2.75, 3.05) is 19.7 Å². The smallest absolute Gasteiger partial charge is 0.408 e. The number of ether oxygens (including phenoxy) is 12. The minimum atomic E-state index is -3.53. The molecule has 27 nitrogen and oxygen atoms in total. The molecule has 0 aromatic heterocycles. The van der Waals surface area contributed by atoms with Gasteiger partial charge in [0.2, 0.25) is 0 Å². The van der Waals surface area contributed by atoms with Crippen LogP contribution in [0.1, 0.15) is 60.6 Å². The fourth-order valence-corrected chi connectivity index (χ4v) is 18.5. The molecule has 8 N–H and O–H groups in total. The van der Waals surface area contributed by atoms with Gasteiger partial charge in [0.05, 0.1) is 44.0 Å². The summed E-state index contributed by atoms with van der Waals surface area (Å²) in [5.74, 6) is 0. The van der Waals surface area contributed by atoms with Crippen molar-refractivity contribution in [1.29, 1.82) is 0 Å². The number of hydrogen-bond donors (Lipinski definition) is 8. The Bertz CT molecular complexity index is 4400. The lowest BCUT2D eigenvalue weighted by molar-refractivity contribution is -0.282. The fraction of sp³-hybridized carbons (Fsp3) is 0.333. The van der Waals surface area contributed by atoms with Gasteiger partial charge in [-0.1, -0.05) is 288 Å². The topological polar surface area (TPSA) is 335 Å². The van der Waals surface area contributed by atoms with Crippen molar-refractivity contribution in [2.24, 2.45) is 0 Å². The van der Waals surface area contributed by atoms with E-state index in [2.05, 4.69) is 52.7 Å². The molecule has 1 aliphatic carbocycles. The second-order valence-electron chi connectivity index (χ2n) is 28.9. The standard InChI is InChI=1S/C87H96N6O21Si/c1-87(2,3)115(66-40-24-10-25-41-66,67-42-26-11-27-43-67)108-57-72-76(113-79-69(91-84(99)105-54-61-34-18-7-19-35-61)47-45-65(110-79)50-89-82(97)103-52-59-30-14-5-15-31-59)74(95)80(111-72)114-77-73(94)70(92-85(100)106-55-62-36-20-8-21-37-62)48-71(93-86(101)107-56-63-38-22-9-23-39-63)75(77)112-78-68(90-83(98)104-53-60-32-16-6-17-33-60)46-44-64(109-78)49-88-81(96)102-51-58-28-12-4-13-29-58/h4-47,64-65,68-80,94-95H,48-57H2,1-3H3,(H,88,96)(H,89,97)(H,90,98)(H,91,99)(H,92,100)(H,93,101)/t64-,65-,68+,69+,70+,71-,72+,73-,74+,75+,76+,77+,78+,79+,80-/m0/s1. The number of carbonyl (C=O) groups is 6. The van der Waals surface area contributed by atoms with Crippen molar-refractivity contribution in [3.63, 3.8) is 0 Å². The van der Waals surface area contributed by atoms with E-state index in [0.29, 0.717) is 22.3 Å². The number of benzene rings is 8. The van der Waals surface area contributed by atoms with Crippen LogP contribution in [0.2, 0.25) is 5.04 Å². The minimum Gasteiger partial charge on any atom is -0.445 e. The van der Waals surface area contributed by atoms with Crippen molar-refractivity contribution in [2.45, 2.75) is 164 Å². The summed E-state index contributed by atoms with van der Waals surface area (Å²) < 4.78 is 83.3. The Morgan fingerprint density at radius 1 is 0.365 bits per heavy atom. The maximum atomic E-state index is 14.6. The first kappa shape index (κ1) is 83.2. The molecule has 0 radical (unpaired) electrons. The largest absolute Gasteiger partial charge is 0.445 e. The Kier molecular flexibility index (Phi) is 29.7. The van der Waals surface area contributed by atoms with E-state index >= 15 is 0 Å². The van der Waals surface area contributed by atoms with Gasteiger partial charge in [-0.3, -0.25) is 0 Å². The number of hydrogen-bond acceptors (Lipinski definition) is 21. The number of carbonyl (C=O) groups excluding carboxylic acids is 6. The summed E-state index contributed by atoms with van der Waals surface area (Å²) in [6.45, 7) is 4.83. The highest BCUT2D eigenvalue weighted by atomic mass is 28.4. The average Bonchev–Trinajstić information content (AvgIpc) is 1.53. The Morgan fingerprint density at radius 2 is 0.678 bits per heavy atom. The second-order valence-corrected chi connectivity index (χ2v) is 33.2. The van der Waals surface area contributed by atoms with E-state index in [1.807, 2.05) is 127 Å². The van der Waals surface area contributed by atoms with E-state index in [4.69, 9.17) is 61.3 Å². The van der Waals surface area contributed by atoms with Crippen LogP contribution in [0, 0.1) is 0 Å². The summed E-state index contributed by atoms with van der Waals surface area (Å²) in [4.78, 5) is 83.5. The van der Waals surface area contributed by atoms with Gasteiger partial charge in [-0.25, -0.2) is 28.8 Å². The van der Waals surface area contributed by atoms with E-state index in [9.17, 15) is 39.0 Å². The summed E-state index contributed by atoms with van der Waals surface area (Å²) in [5, 5.41) is 44.7. The van der Waals surface area contributed by atoms with Crippen molar-refractivity contribution in [3.8, 4) is 0 Å². The molecule has 1 saturated carbocycles. The molecule has 604 valence electrons. The van der Waals surface area contributed by atoms with Crippen LogP contribution >= 0.6 is 0 Å². The zero-order valence-corrected chi connectivity index (χ0v) is 64.8. The molecule has 0 spiro atoms. The van der Waals surface area contributed by atoms with Gasteiger partial charge < -0.3 is 103 Å². The fourth-order valence-electron chi connectivity index (χ4n) is 13.9. The van der Waals surface area contributed by atoms with E-state index in [1.165, 1.54) is 0 Å². The maximum absolute atomic E-state index is 14.6. The first-order chi connectivity index (χ1) is 55.9. The van der Waals surface area contributed by atoms with Crippen molar-refractivity contribution >= 4 is 55.3 Å². The van der Waals surface area contributed by atoms with Gasteiger partial charge in [0.15, 0.2) is 18.9 Å². The third-order valence-corrected chi connectivity index (χ3v) is 24.6. The normalized spacial score (nSPS) is 23.7. The third-order valence-electron chi connectivity index (χ3n) is 19.6. The molecule has 115 heavy (non-hydrogen) atoms. The Morgan fingerprint density at radius 3 is 1.03 bits per heavy atom. The van der Waals surface area contributed by atoms with Gasteiger partial charge in [0.1, 0.15) is 88.3 Å². The molecule has 4 aliphatic rings. The van der Waals surface area contributed by atoms with E-state index in [-0.39, 0.29) is 65.8 Å². The molecular weight excluding hydrogens is 1490 g/mol. The molecule has 6 amide bonds. The summed E-state index contributed by atoms with van der Waals surface area (Å²) in [5.41, 5.74) is 4.15. The van der Waals surface area contributed by atoms with Gasteiger partial charge in [-0.15, -0.1) is 0 Å². The molecule has 0 unspecified atom stereocenters. The molecular formula is C87H96N6O21Si. The second kappa shape index (κ2) is 41.1. The van der Waals surface area contributed by atoms with Crippen LogP contribution in [0.4, 0.5) is 28.8 Å². The van der Waals surface area contributed by atoms with Crippen molar-refractivity contribution in [3.05, 3.63) is 300 Å². The lowest BCUT2D eigenvalue weighted by Crippen LogP contribution is -2.68. The highest BCUT2D eigenvalue weighted by molar-refractivity contribution is 6.99. The predicted octanol–water partition coefficient (Wildman–Crippen LogP) is 10.2. The highest BCUT2D eigenvalue weighted by Gasteiger charge is 2.57. The molecule has 12 rings (SSSR count). The first-order valence-corrected chi connectivity index (χ1v) is 40.0. The van der Waals surface area contributed by atoms with Crippen LogP contribution in [0.25, 0.3) is 0 Å². The summed E-state index contributed by atoms with van der Waals surface area (Å²) in [7, 11) is -3.53. The van der Waals surface area contributed by atoms with Crippen LogP contribution < -0.4 is 42.3 Å². The molecule has 28 heteroatoms. The van der Waals surface area contributed by atoms with E-state index in [1.54, 1.807) is 140 Å². The van der Waals surface area contributed by atoms with Gasteiger partial charge in [0.25, 0.3) is 8.32 Å². The predicted molar refractivity (Wildman–Crippen MR) is 423 cm³/mol. The molecule has 1 saturated heterocycles. The number of aliphatic hydroxyl groups is 2. The van der Waals surface area contributed by atoms with Crippen LogP contribution in [0.15, 0.2) is 267 Å². The minimum absolute atomic E-state index is 0.0259. The van der Waals surface area contributed by atoms with Crippen molar-refractivity contribution < 1.29 is 100 Å². The number of nitrogens with one attached hydrogen (secondary N) is 6. The van der Waals surface area contributed by atoms with Crippen molar-refractivity contribution in [1.82, 2.24) is 31.9 Å². The van der Waals surface area contributed by atoms with E-state index in [0.717, 1.165) is 21.5 Å². The third kappa shape index (κ3) is 23.7. The lowest BCUT2D eigenvalue weighted by Gasteiger charge is -2.47. The SMILES string of the molecule is CC(C)(C)[Si](OC[C@H]1O[C@@H](O[C@@H]2[C@@H](O)[C@H](NC(=O)OCc3ccccc3)C[C@H](NC(=O)OCc3ccccc3)[C@H]2O[C@H]2O[C@H](CNC(=O)OCc3ccccc3)C=C[C@H]2NC(=O)OCc2ccccc2)[C@H](O)[C@@H]1O[C@H]1O[C@H](CNC(=O)OCc2ccccc2)C=C[C@H]1NC(=O)OCc1ccccc1)(c1ccccc1)c1ccccc1. The van der Waals surface area contributed by atoms with Crippen LogP contribution in [0.5, 0.6) is 0 Å². The van der Waals surface area contributed by atoms with Crippen LogP contribution in [0.3, 0.4) is 0 Å². The maximum Gasteiger partial charge on any atom is 0.408 e. The zero-order valence-electron chi connectivity index (χ0n) is 63.8. The molecule has 8 aromatic rings. The number of rotatable bonds is 31. The lowest BCUT2D eigenvalue weighted by atomic mass is 9.83. The average molecular weight is 1590 g/mol. The van der Waals surface area contributed by atoms with E-state index < -0.39 is 142 Å². The quantitative estimate of drug-likeness (QED) is 0.0114. The van der Waals surface area contributed by atoms with Gasteiger partial charge >= 0.3 is 36.6 Å². The molecule has 0 bridgehead atoms. The molecule has 3 heterocycles. The van der Waals surface area contributed by atoms with Crippen LogP contribution in [-0.2, 0) is 101 Å². The molecule has 8 aromatic carbocycles. The first-order valence-electron chi connectivity index (χ1n) is 38.1. The number of amides is 6.